The first-order chi connectivity index (χ1) is 7.18. The molecular weight excluding hydrogens is 186 g/mol. The van der Waals surface area contributed by atoms with Crippen molar-refractivity contribution in [2.75, 3.05) is 13.2 Å². The standard InChI is InChI=1S/C13H25NO/c1-12(6-5-7-12)14-10-13(11-15)8-3-2-4-9-13/h14-15H,2-11H2,1H3. The normalized spacial score (nSPS) is 28.4. The van der Waals surface area contributed by atoms with Crippen LogP contribution in [0.15, 0.2) is 0 Å². The molecule has 2 aliphatic carbocycles. The van der Waals surface area contributed by atoms with Gasteiger partial charge in [0, 0.05) is 24.1 Å². The fraction of sp³-hybridized carbons (Fsp3) is 1.00. The molecule has 2 N–H and O–H groups in total. The number of hydrogen-bond acceptors (Lipinski definition) is 2. The first-order valence-corrected chi connectivity index (χ1v) is 6.54. The third-order valence-electron chi connectivity index (χ3n) is 4.60. The summed E-state index contributed by atoms with van der Waals surface area (Å²) in [5.74, 6) is 0. The fourth-order valence-corrected chi connectivity index (χ4v) is 2.98. The van der Waals surface area contributed by atoms with Crippen LogP contribution in [-0.2, 0) is 0 Å². The van der Waals surface area contributed by atoms with Gasteiger partial charge in [-0.2, -0.15) is 0 Å². The minimum absolute atomic E-state index is 0.205. The van der Waals surface area contributed by atoms with Gasteiger partial charge in [-0.15, -0.1) is 0 Å². The quantitative estimate of drug-likeness (QED) is 0.748. The number of hydrogen-bond donors (Lipinski definition) is 2. The SMILES string of the molecule is CC1(NCC2(CO)CCCCC2)CCC1. The highest BCUT2D eigenvalue weighted by Gasteiger charge is 2.36. The van der Waals surface area contributed by atoms with Crippen LogP contribution in [-0.4, -0.2) is 23.8 Å². The van der Waals surface area contributed by atoms with Crippen molar-refractivity contribution in [3.05, 3.63) is 0 Å². The molecule has 2 heteroatoms. The van der Waals surface area contributed by atoms with Crippen LogP contribution in [0.3, 0.4) is 0 Å². The maximum Gasteiger partial charge on any atom is 0.0499 e. The van der Waals surface area contributed by atoms with Gasteiger partial charge in [0.25, 0.3) is 0 Å². The van der Waals surface area contributed by atoms with E-state index in [1.165, 1.54) is 51.4 Å². The van der Waals surface area contributed by atoms with E-state index in [-0.39, 0.29) is 5.41 Å². The zero-order chi connectivity index (χ0) is 10.8. The van der Waals surface area contributed by atoms with Crippen LogP contribution in [0.4, 0.5) is 0 Å². The molecule has 2 rings (SSSR count). The molecule has 0 unspecified atom stereocenters. The minimum atomic E-state index is 0.205. The molecule has 0 spiro atoms. The van der Waals surface area contributed by atoms with Crippen LogP contribution >= 0.6 is 0 Å². The molecule has 0 aliphatic heterocycles. The second kappa shape index (κ2) is 4.42. The second-order valence-corrected chi connectivity index (χ2v) is 5.99. The molecule has 0 heterocycles. The first kappa shape index (κ1) is 11.4. The van der Waals surface area contributed by atoms with E-state index in [0.717, 1.165) is 6.54 Å². The van der Waals surface area contributed by atoms with E-state index in [2.05, 4.69) is 12.2 Å². The van der Waals surface area contributed by atoms with E-state index in [1.807, 2.05) is 0 Å². The van der Waals surface area contributed by atoms with E-state index >= 15 is 0 Å². The van der Waals surface area contributed by atoms with Crippen molar-refractivity contribution in [2.45, 2.75) is 63.8 Å². The average Bonchev–Trinajstić information content (AvgIpc) is 2.25. The van der Waals surface area contributed by atoms with Gasteiger partial charge < -0.3 is 10.4 Å². The zero-order valence-electron chi connectivity index (χ0n) is 10.0. The molecule has 0 saturated heterocycles. The van der Waals surface area contributed by atoms with E-state index < -0.39 is 0 Å². The van der Waals surface area contributed by atoms with Gasteiger partial charge in [0.15, 0.2) is 0 Å². The highest BCUT2D eigenvalue weighted by atomic mass is 16.3. The summed E-state index contributed by atoms with van der Waals surface area (Å²) < 4.78 is 0. The van der Waals surface area contributed by atoms with Gasteiger partial charge in [-0.1, -0.05) is 19.3 Å². The van der Waals surface area contributed by atoms with Gasteiger partial charge >= 0.3 is 0 Å². The number of aliphatic hydroxyl groups is 1. The fourth-order valence-electron chi connectivity index (χ4n) is 2.98. The molecule has 0 radical (unpaired) electrons. The molecule has 0 aromatic carbocycles. The Morgan fingerprint density at radius 3 is 2.13 bits per heavy atom. The first-order valence-electron chi connectivity index (χ1n) is 6.54. The van der Waals surface area contributed by atoms with Gasteiger partial charge in [-0.25, -0.2) is 0 Å². The lowest BCUT2D eigenvalue weighted by atomic mass is 9.72. The van der Waals surface area contributed by atoms with E-state index in [4.69, 9.17) is 0 Å². The Kier molecular flexibility index (Phi) is 3.36. The third kappa shape index (κ3) is 2.54. The highest BCUT2D eigenvalue weighted by Crippen LogP contribution is 2.37. The highest BCUT2D eigenvalue weighted by molar-refractivity contribution is 4.94. The molecule has 2 nitrogen and oxygen atoms in total. The Bertz CT molecular complexity index is 205. The Labute approximate surface area is 93.5 Å². The number of nitrogens with one attached hydrogen (secondary N) is 1. The predicted molar refractivity (Wildman–Crippen MR) is 62.9 cm³/mol. The molecule has 0 aromatic rings. The van der Waals surface area contributed by atoms with E-state index in [9.17, 15) is 5.11 Å². The van der Waals surface area contributed by atoms with Crippen molar-refractivity contribution in [3.8, 4) is 0 Å². The summed E-state index contributed by atoms with van der Waals surface area (Å²) in [7, 11) is 0. The Morgan fingerprint density at radius 2 is 1.67 bits per heavy atom. The predicted octanol–water partition coefficient (Wildman–Crippen LogP) is 2.46. The third-order valence-corrected chi connectivity index (χ3v) is 4.60. The van der Waals surface area contributed by atoms with Crippen molar-refractivity contribution in [2.24, 2.45) is 5.41 Å². The molecule has 88 valence electrons. The lowest BCUT2D eigenvalue weighted by molar-refractivity contribution is 0.0625. The van der Waals surface area contributed by atoms with Gasteiger partial charge in [-0.3, -0.25) is 0 Å². The minimum Gasteiger partial charge on any atom is -0.396 e. The summed E-state index contributed by atoms with van der Waals surface area (Å²) >= 11 is 0. The monoisotopic (exact) mass is 211 g/mol. The molecule has 2 fully saturated rings. The molecule has 0 amide bonds. The lowest BCUT2D eigenvalue weighted by Crippen LogP contribution is -2.53. The Hall–Kier alpha value is -0.0800. The summed E-state index contributed by atoms with van der Waals surface area (Å²) in [6.07, 6.45) is 10.4. The van der Waals surface area contributed by atoms with Crippen LogP contribution in [0.5, 0.6) is 0 Å². The van der Waals surface area contributed by atoms with Crippen molar-refractivity contribution in [3.63, 3.8) is 0 Å². The van der Waals surface area contributed by atoms with E-state index in [1.54, 1.807) is 0 Å². The largest absolute Gasteiger partial charge is 0.396 e. The van der Waals surface area contributed by atoms with Gasteiger partial charge in [0.05, 0.1) is 0 Å². The van der Waals surface area contributed by atoms with Gasteiger partial charge in [-0.05, 0) is 39.0 Å². The van der Waals surface area contributed by atoms with Crippen LogP contribution in [0.1, 0.15) is 58.3 Å². The van der Waals surface area contributed by atoms with Crippen molar-refractivity contribution in [1.82, 2.24) is 5.32 Å². The summed E-state index contributed by atoms with van der Waals surface area (Å²) in [6, 6.07) is 0. The number of aliphatic hydroxyl groups excluding tert-OH is 1. The molecule has 2 aliphatic rings. The average molecular weight is 211 g/mol. The van der Waals surface area contributed by atoms with Crippen LogP contribution in [0, 0.1) is 5.41 Å². The zero-order valence-corrected chi connectivity index (χ0v) is 10.0. The summed E-state index contributed by atoms with van der Waals surface area (Å²) in [5, 5.41) is 13.3. The maximum atomic E-state index is 9.59. The van der Waals surface area contributed by atoms with Gasteiger partial charge in [0.2, 0.25) is 0 Å². The van der Waals surface area contributed by atoms with Crippen molar-refractivity contribution in [1.29, 1.82) is 0 Å². The summed E-state index contributed by atoms with van der Waals surface area (Å²) in [4.78, 5) is 0. The summed E-state index contributed by atoms with van der Waals surface area (Å²) in [6.45, 7) is 3.72. The molecular formula is C13H25NO. The number of rotatable bonds is 4. The molecule has 0 atom stereocenters. The van der Waals surface area contributed by atoms with Crippen LogP contribution in [0.25, 0.3) is 0 Å². The van der Waals surface area contributed by atoms with Crippen molar-refractivity contribution < 1.29 is 5.11 Å². The van der Waals surface area contributed by atoms with Crippen LogP contribution < -0.4 is 5.32 Å². The maximum absolute atomic E-state index is 9.59. The van der Waals surface area contributed by atoms with Crippen LogP contribution in [0.2, 0.25) is 0 Å². The van der Waals surface area contributed by atoms with E-state index in [0.29, 0.717) is 12.1 Å². The molecule has 0 bridgehead atoms. The lowest BCUT2D eigenvalue weighted by Gasteiger charge is -2.44. The topological polar surface area (TPSA) is 32.3 Å². The molecule has 0 aromatic heterocycles. The Morgan fingerprint density at radius 1 is 1.00 bits per heavy atom. The summed E-state index contributed by atoms with van der Waals surface area (Å²) in [5.41, 5.74) is 0.594. The molecule has 15 heavy (non-hydrogen) atoms. The molecule has 2 saturated carbocycles. The smallest absolute Gasteiger partial charge is 0.0499 e. The van der Waals surface area contributed by atoms with Crippen molar-refractivity contribution >= 4 is 0 Å². The second-order valence-electron chi connectivity index (χ2n) is 5.99. The van der Waals surface area contributed by atoms with Gasteiger partial charge in [0.1, 0.15) is 0 Å². The Balaban J connectivity index is 1.84.